The molecule has 4 rings (SSSR count). The number of alkyl halides is 3. The summed E-state index contributed by atoms with van der Waals surface area (Å²) in [6.45, 7) is 4.17. The van der Waals surface area contributed by atoms with Gasteiger partial charge in [0, 0.05) is 24.5 Å². The van der Waals surface area contributed by atoms with Gasteiger partial charge in [0.15, 0.2) is 5.82 Å². The van der Waals surface area contributed by atoms with Crippen LogP contribution in [0, 0.1) is 6.92 Å². The number of hydrogen-bond donors (Lipinski definition) is 0. The third-order valence-electron chi connectivity index (χ3n) is 5.37. The number of carbonyl (C=O) groups is 1. The van der Waals surface area contributed by atoms with Crippen LogP contribution < -0.4 is 4.74 Å². The molecule has 0 unspecified atom stereocenters. The monoisotopic (exact) mass is 446 g/mol. The van der Waals surface area contributed by atoms with Gasteiger partial charge < -0.3 is 9.64 Å². The topological polar surface area (TPSA) is 86.0 Å². The smallest absolute Gasteiger partial charge is 0.417 e. The van der Waals surface area contributed by atoms with Crippen LogP contribution >= 0.6 is 0 Å². The molecular formula is C21H21F3N6O2. The Balaban J connectivity index is 1.54. The summed E-state index contributed by atoms with van der Waals surface area (Å²) in [4.78, 5) is 24.6. The standard InChI is InChI=1S/C21H21F3N6O2/c1-13-5-7-16(19(28-13)30-26-9-10-27-30)20(31)29-11-3-4-17(14(29)2)32-18-8-6-15(12-25-18)21(22,23)24/h5-10,12,14,17H,3-4,11H2,1-2H3/t14-,17+/m0/s1. The lowest BCUT2D eigenvalue weighted by Gasteiger charge is -2.39. The maximum absolute atomic E-state index is 13.4. The van der Waals surface area contributed by atoms with Gasteiger partial charge in [0.25, 0.3) is 5.91 Å². The number of likely N-dealkylation sites (tertiary alicyclic amines) is 1. The zero-order valence-electron chi connectivity index (χ0n) is 17.5. The highest BCUT2D eigenvalue weighted by Gasteiger charge is 2.35. The Hall–Kier alpha value is -3.50. The van der Waals surface area contributed by atoms with Gasteiger partial charge in [0.05, 0.1) is 29.6 Å². The van der Waals surface area contributed by atoms with Crippen molar-refractivity contribution in [2.45, 2.75) is 45.0 Å². The number of pyridine rings is 2. The number of ether oxygens (including phenoxy) is 1. The number of rotatable bonds is 4. The number of aryl methyl sites for hydroxylation is 1. The predicted molar refractivity (Wildman–Crippen MR) is 107 cm³/mol. The molecule has 1 aliphatic heterocycles. The van der Waals surface area contributed by atoms with Crippen molar-refractivity contribution in [3.8, 4) is 11.7 Å². The summed E-state index contributed by atoms with van der Waals surface area (Å²) in [5.74, 6) is 0.174. The van der Waals surface area contributed by atoms with Crippen LogP contribution in [0.1, 0.15) is 41.4 Å². The van der Waals surface area contributed by atoms with Gasteiger partial charge in [-0.25, -0.2) is 9.97 Å². The Morgan fingerprint density at radius 1 is 1.16 bits per heavy atom. The van der Waals surface area contributed by atoms with Crippen molar-refractivity contribution in [3.63, 3.8) is 0 Å². The van der Waals surface area contributed by atoms with E-state index in [1.54, 1.807) is 17.0 Å². The molecule has 1 fully saturated rings. The van der Waals surface area contributed by atoms with Crippen LogP contribution in [0.4, 0.5) is 13.2 Å². The van der Waals surface area contributed by atoms with Crippen molar-refractivity contribution in [2.75, 3.05) is 6.54 Å². The Morgan fingerprint density at radius 2 is 1.91 bits per heavy atom. The van der Waals surface area contributed by atoms with Crippen LogP contribution in [0.2, 0.25) is 0 Å². The largest absolute Gasteiger partial charge is 0.472 e. The first kappa shape index (κ1) is 21.7. The Morgan fingerprint density at radius 3 is 2.56 bits per heavy atom. The van der Waals surface area contributed by atoms with Crippen molar-refractivity contribution in [1.29, 1.82) is 0 Å². The van der Waals surface area contributed by atoms with Gasteiger partial charge in [-0.1, -0.05) is 0 Å². The van der Waals surface area contributed by atoms with E-state index < -0.39 is 17.8 Å². The van der Waals surface area contributed by atoms with Crippen molar-refractivity contribution >= 4 is 5.91 Å². The Kier molecular flexibility index (Phi) is 5.81. The summed E-state index contributed by atoms with van der Waals surface area (Å²) in [5.41, 5.74) is 0.229. The third kappa shape index (κ3) is 4.41. The Bertz CT molecular complexity index is 1090. The van der Waals surface area contributed by atoms with Gasteiger partial charge in [0.2, 0.25) is 5.88 Å². The van der Waals surface area contributed by atoms with Crippen molar-refractivity contribution < 1.29 is 22.7 Å². The highest BCUT2D eigenvalue weighted by atomic mass is 19.4. The molecule has 8 nitrogen and oxygen atoms in total. The molecule has 0 spiro atoms. The van der Waals surface area contributed by atoms with Crippen LogP contribution in [0.15, 0.2) is 42.9 Å². The second-order valence-corrected chi connectivity index (χ2v) is 7.56. The molecule has 1 aliphatic rings. The number of carbonyl (C=O) groups excluding carboxylic acids is 1. The maximum atomic E-state index is 13.4. The van der Waals surface area contributed by atoms with Crippen molar-refractivity contribution in [1.82, 2.24) is 29.9 Å². The molecule has 0 aromatic carbocycles. The van der Waals surface area contributed by atoms with Gasteiger partial charge >= 0.3 is 6.18 Å². The average molecular weight is 446 g/mol. The van der Waals surface area contributed by atoms with Crippen LogP contribution in [0.5, 0.6) is 5.88 Å². The lowest BCUT2D eigenvalue weighted by atomic mass is 9.99. The molecule has 168 valence electrons. The molecule has 0 N–H and O–H groups in total. The number of aromatic nitrogens is 5. The van der Waals surface area contributed by atoms with Crippen LogP contribution in [-0.4, -0.2) is 54.5 Å². The van der Waals surface area contributed by atoms with Gasteiger partial charge in [-0.05, 0) is 44.9 Å². The number of nitrogens with zero attached hydrogens (tertiary/aromatic N) is 6. The summed E-state index contributed by atoms with van der Waals surface area (Å²) in [6.07, 6.45) is 0.194. The first-order valence-electron chi connectivity index (χ1n) is 10.1. The first-order chi connectivity index (χ1) is 15.2. The zero-order valence-corrected chi connectivity index (χ0v) is 17.5. The van der Waals surface area contributed by atoms with E-state index in [2.05, 4.69) is 20.2 Å². The minimum absolute atomic E-state index is 0.0857. The van der Waals surface area contributed by atoms with Gasteiger partial charge in [-0.3, -0.25) is 4.79 Å². The molecule has 3 aromatic rings. The molecule has 11 heteroatoms. The van der Waals surface area contributed by atoms with Gasteiger partial charge in [-0.2, -0.15) is 23.4 Å². The first-order valence-corrected chi connectivity index (χ1v) is 10.1. The number of piperidine rings is 1. The van der Waals surface area contributed by atoms with Gasteiger partial charge in [-0.15, -0.1) is 4.80 Å². The van der Waals surface area contributed by atoms with E-state index in [1.807, 2.05) is 13.8 Å². The number of amides is 1. The zero-order chi connectivity index (χ0) is 22.9. The fraction of sp³-hybridized carbons (Fsp3) is 0.381. The third-order valence-corrected chi connectivity index (χ3v) is 5.37. The number of hydrogen-bond acceptors (Lipinski definition) is 6. The lowest BCUT2D eigenvalue weighted by molar-refractivity contribution is -0.137. The molecule has 0 bridgehead atoms. The highest BCUT2D eigenvalue weighted by molar-refractivity contribution is 5.97. The van der Waals surface area contributed by atoms with E-state index in [0.717, 1.165) is 18.0 Å². The molecule has 1 amide bonds. The summed E-state index contributed by atoms with van der Waals surface area (Å²) in [6, 6.07) is 5.23. The van der Waals surface area contributed by atoms with E-state index in [-0.39, 0.29) is 17.8 Å². The maximum Gasteiger partial charge on any atom is 0.417 e. The van der Waals surface area contributed by atoms with Crippen molar-refractivity contribution in [2.24, 2.45) is 0 Å². The van der Waals surface area contributed by atoms with E-state index in [0.29, 0.717) is 30.8 Å². The lowest BCUT2D eigenvalue weighted by Crippen LogP contribution is -2.51. The molecular weight excluding hydrogens is 425 g/mol. The second-order valence-electron chi connectivity index (χ2n) is 7.56. The fourth-order valence-electron chi connectivity index (χ4n) is 3.67. The Labute approximate surface area is 182 Å². The minimum Gasteiger partial charge on any atom is -0.472 e. The quantitative estimate of drug-likeness (QED) is 0.610. The molecule has 32 heavy (non-hydrogen) atoms. The van der Waals surface area contributed by atoms with E-state index in [4.69, 9.17) is 4.74 Å². The summed E-state index contributed by atoms with van der Waals surface area (Å²) < 4.78 is 44.1. The molecule has 2 atom stereocenters. The average Bonchev–Trinajstić information content (AvgIpc) is 3.29. The van der Waals surface area contributed by atoms with Crippen molar-refractivity contribution in [3.05, 3.63) is 59.7 Å². The molecule has 4 heterocycles. The number of halogens is 3. The van der Waals surface area contributed by atoms with Crippen LogP contribution in [0.3, 0.4) is 0 Å². The highest BCUT2D eigenvalue weighted by Crippen LogP contribution is 2.30. The van der Waals surface area contributed by atoms with E-state index in [1.165, 1.54) is 23.3 Å². The molecule has 0 aliphatic carbocycles. The normalized spacial score (nSPS) is 19.1. The SMILES string of the molecule is Cc1ccc(C(=O)N2CCC[C@@H](Oc3ccc(C(F)(F)F)cn3)[C@@H]2C)c(-n2nccn2)n1. The predicted octanol–water partition coefficient (Wildman–Crippen LogP) is 3.46. The fourth-order valence-corrected chi connectivity index (χ4v) is 3.67. The molecule has 0 saturated carbocycles. The second kappa shape index (κ2) is 8.56. The molecule has 0 radical (unpaired) electrons. The summed E-state index contributed by atoms with van der Waals surface area (Å²) >= 11 is 0. The van der Waals surface area contributed by atoms with E-state index in [9.17, 15) is 18.0 Å². The molecule has 1 saturated heterocycles. The van der Waals surface area contributed by atoms with E-state index >= 15 is 0 Å². The minimum atomic E-state index is -4.46. The summed E-state index contributed by atoms with van der Waals surface area (Å²) in [7, 11) is 0. The van der Waals surface area contributed by atoms with Gasteiger partial charge in [0.1, 0.15) is 6.10 Å². The summed E-state index contributed by atoms with van der Waals surface area (Å²) in [5, 5.41) is 8.18. The van der Waals surface area contributed by atoms with Crippen LogP contribution in [0.25, 0.3) is 5.82 Å². The van der Waals surface area contributed by atoms with Crippen LogP contribution in [-0.2, 0) is 6.18 Å². The molecule has 3 aromatic heterocycles.